The Hall–Kier alpha value is -3.20. The van der Waals surface area contributed by atoms with Gasteiger partial charge in [-0.05, 0) is 41.5 Å². The first-order chi connectivity index (χ1) is 14.4. The van der Waals surface area contributed by atoms with Crippen LogP contribution in [0.15, 0.2) is 46.9 Å². The number of benzene rings is 2. The molecule has 30 heavy (non-hydrogen) atoms. The van der Waals surface area contributed by atoms with Gasteiger partial charge in [-0.2, -0.15) is 0 Å². The van der Waals surface area contributed by atoms with Crippen molar-refractivity contribution < 1.29 is 19.2 Å². The highest BCUT2D eigenvalue weighted by atomic mass is 79.9. The molecule has 9 heteroatoms. The largest absolute Gasteiger partial charge is 0.347 e. The van der Waals surface area contributed by atoms with E-state index in [0.717, 1.165) is 15.6 Å². The van der Waals surface area contributed by atoms with Crippen molar-refractivity contribution in [3.8, 4) is 0 Å². The van der Waals surface area contributed by atoms with E-state index in [1.165, 1.54) is 4.90 Å². The second-order valence-electron chi connectivity index (χ2n) is 7.22. The number of piperidine rings is 1. The molecule has 154 valence electrons. The first kappa shape index (κ1) is 20.1. The Morgan fingerprint density at radius 3 is 2.67 bits per heavy atom. The lowest BCUT2D eigenvalue weighted by Crippen LogP contribution is -2.53. The van der Waals surface area contributed by atoms with Crippen LogP contribution in [-0.4, -0.2) is 41.1 Å². The van der Waals surface area contributed by atoms with Gasteiger partial charge < -0.3 is 20.9 Å². The molecule has 2 aliphatic rings. The number of halogens is 1. The summed E-state index contributed by atoms with van der Waals surface area (Å²) >= 11 is 3.34. The van der Waals surface area contributed by atoms with Gasteiger partial charge in [0, 0.05) is 35.2 Å². The first-order valence-electron chi connectivity index (χ1n) is 9.43. The zero-order valence-electron chi connectivity index (χ0n) is 15.9. The summed E-state index contributed by atoms with van der Waals surface area (Å²) in [6.07, 6.45) is 0.0379. The number of urea groups is 1. The van der Waals surface area contributed by atoms with Crippen LogP contribution in [0.5, 0.6) is 0 Å². The number of nitrogens with one attached hydrogen (secondary N) is 3. The Morgan fingerprint density at radius 2 is 1.90 bits per heavy atom. The first-order valence-corrected chi connectivity index (χ1v) is 10.2. The van der Waals surface area contributed by atoms with E-state index in [4.69, 9.17) is 0 Å². The second kappa shape index (κ2) is 8.27. The van der Waals surface area contributed by atoms with Crippen LogP contribution in [-0.2, 0) is 22.7 Å². The molecule has 4 rings (SSSR count). The van der Waals surface area contributed by atoms with Crippen molar-refractivity contribution in [2.24, 2.45) is 0 Å². The number of amides is 4. The van der Waals surface area contributed by atoms with E-state index >= 15 is 0 Å². The van der Waals surface area contributed by atoms with Gasteiger partial charge in [0.25, 0.3) is 5.91 Å². The molecule has 3 N–H and O–H groups in total. The van der Waals surface area contributed by atoms with Crippen LogP contribution in [0.25, 0.3) is 0 Å². The maximum atomic E-state index is 12.7. The molecule has 4 amide bonds. The number of rotatable bonds is 4. The standard InChI is InChI=1S/C21H19BrN4O4/c22-14-2-4-15(5-3-14)25-21(30)24-9-12-1-6-17-13(7-12)11-26(20(17)29)18-8-16(27)10-23-19(18)28/h1-7,18H,8-11H2,(H,23,28)(H2,24,25,30). The molecule has 1 saturated heterocycles. The molecular weight excluding hydrogens is 452 g/mol. The SMILES string of the molecule is O=C1CNC(=O)C(N2Cc3cc(CNC(=O)Nc4ccc(Br)cc4)ccc3C2=O)C1. The van der Waals surface area contributed by atoms with Gasteiger partial charge in [0.15, 0.2) is 5.78 Å². The topological polar surface area (TPSA) is 108 Å². The number of carbonyl (C=O) groups excluding carboxylic acids is 4. The zero-order valence-corrected chi connectivity index (χ0v) is 17.5. The van der Waals surface area contributed by atoms with Crippen molar-refractivity contribution in [1.29, 1.82) is 0 Å². The number of fused-ring (bicyclic) bond motifs is 1. The molecule has 0 radical (unpaired) electrons. The number of anilines is 1. The molecule has 0 bridgehead atoms. The fraction of sp³-hybridized carbons (Fsp3) is 0.238. The zero-order chi connectivity index (χ0) is 21.3. The lowest BCUT2D eigenvalue weighted by Gasteiger charge is -2.29. The molecule has 0 spiro atoms. The van der Waals surface area contributed by atoms with Crippen LogP contribution >= 0.6 is 15.9 Å². The molecule has 1 atom stereocenters. The Labute approximate surface area is 181 Å². The van der Waals surface area contributed by atoms with Gasteiger partial charge >= 0.3 is 6.03 Å². The number of nitrogens with zero attached hydrogens (tertiary/aromatic N) is 1. The molecule has 8 nitrogen and oxygen atoms in total. The minimum Gasteiger partial charge on any atom is -0.347 e. The average molecular weight is 471 g/mol. The summed E-state index contributed by atoms with van der Waals surface area (Å²) < 4.78 is 0.922. The van der Waals surface area contributed by atoms with E-state index in [1.807, 2.05) is 18.2 Å². The quantitative estimate of drug-likeness (QED) is 0.636. The predicted molar refractivity (Wildman–Crippen MR) is 113 cm³/mol. The highest BCUT2D eigenvalue weighted by Crippen LogP contribution is 2.27. The van der Waals surface area contributed by atoms with Crippen LogP contribution in [0.3, 0.4) is 0 Å². The minimum absolute atomic E-state index is 0.0163. The molecule has 2 aliphatic heterocycles. The molecule has 1 unspecified atom stereocenters. The molecule has 1 fully saturated rings. The minimum atomic E-state index is -0.774. The molecule has 2 aromatic rings. The van der Waals surface area contributed by atoms with Gasteiger partial charge in [0.1, 0.15) is 6.04 Å². The van der Waals surface area contributed by atoms with Gasteiger partial charge in [0.05, 0.1) is 6.54 Å². The summed E-state index contributed by atoms with van der Waals surface area (Å²) in [4.78, 5) is 50.1. The van der Waals surface area contributed by atoms with Crippen LogP contribution in [0.4, 0.5) is 10.5 Å². The van der Waals surface area contributed by atoms with Crippen LogP contribution < -0.4 is 16.0 Å². The lowest BCUT2D eigenvalue weighted by molar-refractivity contribution is -0.134. The van der Waals surface area contributed by atoms with Crippen molar-refractivity contribution >= 4 is 45.2 Å². The second-order valence-corrected chi connectivity index (χ2v) is 8.13. The lowest BCUT2D eigenvalue weighted by atomic mass is 10.0. The third-order valence-electron chi connectivity index (χ3n) is 5.12. The summed E-state index contributed by atoms with van der Waals surface area (Å²) in [5.74, 6) is -0.653. The predicted octanol–water partition coefficient (Wildman–Crippen LogP) is 2.18. The fourth-order valence-corrected chi connectivity index (χ4v) is 3.85. The van der Waals surface area contributed by atoms with E-state index in [0.29, 0.717) is 11.3 Å². The molecule has 0 aromatic heterocycles. The normalized spacial score (nSPS) is 18.1. The number of Topliss-reactive ketones (excluding diaryl/α,β-unsaturated/α-hetero) is 1. The van der Waals surface area contributed by atoms with E-state index in [-0.39, 0.29) is 49.7 Å². The number of carbonyl (C=O) groups is 4. The van der Waals surface area contributed by atoms with E-state index in [9.17, 15) is 19.2 Å². The van der Waals surface area contributed by atoms with E-state index < -0.39 is 6.04 Å². The van der Waals surface area contributed by atoms with E-state index in [1.54, 1.807) is 24.3 Å². The molecule has 0 aliphatic carbocycles. The smallest absolute Gasteiger partial charge is 0.319 e. The van der Waals surface area contributed by atoms with Crippen LogP contribution in [0.1, 0.15) is 27.9 Å². The van der Waals surface area contributed by atoms with Gasteiger partial charge in [-0.25, -0.2) is 4.79 Å². The van der Waals surface area contributed by atoms with E-state index in [2.05, 4.69) is 31.9 Å². The van der Waals surface area contributed by atoms with Crippen LogP contribution in [0.2, 0.25) is 0 Å². The molecule has 2 aromatic carbocycles. The molecule has 0 saturated carbocycles. The third-order valence-corrected chi connectivity index (χ3v) is 5.65. The fourth-order valence-electron chi connectivity index (χ4n) is 3.58. The van der Waals surface area contributed by atoms with Crippen molar-refractivity contribution in [2.45, 2.75) is 25.6 Å². The highest BCUT2D eigenvalue weighted by molar-refractivity contribution is 9.10. The maximum absolute atomic E-state index is 12.7. The molecular formula is C21H19BrN4O4. The Bertz CT molecular complexity index is 1040. The summed E-state index contributed by atoms with van der Waals surface area (Å²) in [5, 5.41) is 8.06. The number of hydrogen-bond acceptors (Lipinski definition) is 4. The van der Waals surface area contributed by atoms with Gasteiger partial charge in [-0.1, -0.05) is 28.1 Å². The highest BCUT2D eigenvalue weighted by Gasteiger charge is 2.39. The summed E-state index contributed by atoms with van der Waals surface area (Å²) in [6.45, 7) is 0.563. The Kier molecular flexibility index (Phi) is 5.54. The van der Waals surface area contributed by atoms with Crippen molar-refractivity contribution in [3.63, 3.8) is 0 Å². The maximum Gasteiger partial charge on any atom is 0.319 e. The summed E-state index contributed by atoms with van der Waals surface area (Å²) in [6, 6.07) is 11.4. The summed E-state index contributed by atoms with van der Waals surface area (Å²) in [5.41, 5.74) is 2.80. The summed E-state index contributed by atoms with van der Waals surface area (Å²) in [7, 11) is 0. The molecule has 2 heterocycles. The average Bonchev–Trinajstić information content (AvgIpc) is 3.06. The Morgan fingerprint density at radius 1 is 1.13 bits per heavy atom. The van der Waals surface area contributed by atoms with Crippen molar-refractivity contribution in [2.75, 3.05) is 11.9 Å². The number of ketones is 1. The third kappa shape index (κ3) is 4.20. The van der Waals surface area contributed by atoms with Gasteiger partial charge in [-0.3, -0.25) is 14.4 Å². The number of hydrogen-bond donors (Lipinski definition) is 3. The Balaban J connectivity index is 1.39. The van der Waals surface area contributed by atoms with Gasteiger partial charge in [-0.15, -0.1) is 0 Å². The van der Waals surface area contributed by atoms with Crippen LogP contribution in [0, 0.1) is 0 Å². The van der Waals surface area contributed by atoms with Crippen molar-refractivity contribution in [3.05, 3.63) is 63.6 Å². The van der Waals surface area contributed by atoms with Crippen molar-refractivity contribution in [1.82, 2.24) is 15.5 Å². The van der Waals surface area contributed by atoms with Gasteiger partial charge in [0.2, 0.25) is 5.91 Å². The monoisotopic (exact) mass is 470 g/mol.